The van der Waals surface area contributed by atoms with E-state index in [4.69, 9.17) is 4.74 Å². The molecule has 0 bridgehead atoms. The van der Waals surface area contributed by atoms with Crippen molar-refractivity contribution in [1.29, 1.82) is 0 Å². The van der Waals surface area contributed by atoms with Crippen LogP contribution in [-0.4, -0.2) is 18.9 Å². The monoisotopic (exact) mass is 258 g/mol. The lowest BCUT2D eigenvalue weighted by molar-refractivity contribution is -0.157. The van der Waals surface area contributed by atoms with Gasteiger partial charge in [-0.25, -0.2) is 0 Å². The zero-order valence-corrected chi connectivity index (χ0v) is 11.1. The number of Topliss-reactive ketones (excluding diaryl/α,β-unsaturated/α-hetero) is 1. The maximum Gasteiger partial charge on any atom is 0.320 e. The maximum atomic E-state index is 12.3. The molecular formula is C16H18O3. The molecule has 19 heavy (non-hydrogen) atoms. The number of carbonyl (C=O) groups excluding carboxylic acids is 2. The Morgan fingerprint density at radius 3 is 2.58 bits per heavy atom. The lowest BCUT2D eigenvalue weighted by Gasteiger charge is -2.31. The number of rotatable bonds is 4. The van der Waals surface area contributed by atoms with E-state index >= 15 is 0 Å². The van der Waals surface area contributed by atoms with Crippen LogP contribution in [0.15, 0.2) is 43.0 Å². The summed E-state index contributed by atoms with van der Waals surface area (Å²) < 4.78 is 4.90. The fourth-order valence-corrected chi connectivity index (χ4v) is 3.03. The molecule has 2 rings (SSSR count). The summed E-state index contributed by atoms with van der Waals surface area (Å²) in [4.78, 5) is 24.6. The van der Waals surface area contributed by atoms with Crippen LogP contribution >= 0.6 is 0 Å². The van der Waals surface area contributed by atoms with Gasteiger partial charge in [0.1, 0.15) is 5.41 Å². The predicted molar refractivity (Wildman–Crippen MR) is 72.7 cm³/mol. The van der Waals surface area contributed by atoms with Gasteiger partial charge in [0.2, 0.25) is 0 Å². The second-order valence-electron chi connectivity index (χ2n) is 4.86. The third kappa shape index (κ3) is 2.09. The Morgan fingerprint density at radius 2 is 2.11 bits per heavy atom. The van der Waals surface area contributed by atoms with E-state index in [9.17, 15) is 9.59 Å². The van der Waals surface area contributed by atoms with E-state index in [1.54, 1.807) is 6.08 Å². The maximum absolute atomic E-state index is 12.3. The standard InChI is InChI=1S/C16H18O3/c1-3-13(12-8-5-4-6-9-12)16(15(18)19-2)11-7-10-14(16)17/h3-6,8-9,13H,1,7,10-11H2,2H3. The highest BCUT2D eigenvalue weighted by molar-refractivity contribution is 6.06. The second-order valence-corrected chi connectivity index (χ2v) is 4.86. The number of methoxy groups -OCH3 is 1. The molecule has 2 atom stereocenters. The van der Waals surface area contributed by atoms with Crippen molar-refractivity contribution in [3.63, 3.8) is 0 Å². The Hall–Kier alpha value is -1.90. The average molecular weight is 258 g/mol. The van der Waals surface area contributed by atoms with Gasteiger partial charge in [-0.3, -0.25) is 9.59 Å². The summed E-state index contributed by atoms with van der Waals surface area (Å²) in [6.45, 7) is 3.82. The SMILES string of the molecule is C=CC(c1ccccc1)C1(C(=O)OC)CCCC1=O. The summed E-state index contributed by atoms with van der Waals surface area (Å²) in [5, 5.41) is 0. The van der Waals surface area contributed by atoms with Crippen LogP contribution < -0.4 is 0 Å². The number of hydrogen-bond donors (Lipinski definition) is 0. The van der Waals surface area contributed by atoms with Crippen LogP contribution in [0.3, 0.4) is 0 Å². The van der Waals surface area contributed by atoms with Gasteiger partial charge in [-0.05, 0) is 18.4 Å². The van der Waals surface area contributed by atoms with Crippen molar-refractivity contribution >= 4 is 11.8 Å². The Labute approximate surface area is 113 Å². The molecule has 0 saturated heterocycles. The number of ether oxygens (including phenoxy) is 1. The molecule has 100 valence electrons. The highest BCUT2D eigenvalue weighted by Crippen LogP contribution is 2.48. The lowest BCUT2D eigenvalue weighted by atomic mass is 9.70. The van der Waals surface area contributed by atoms with Gasteiger partial charge in [-0.15, -0.1) is 6.58 Å². The Balaban J connectivity index is 2.51. The van der Waals surface area contributed by atoms with E-state index in [0.29, 0.717) is 12.8 Å². The highest BCUT2D eigenvalue weighted by atomic mass is 16.5. The Kier molecular flexibility index (Phi) is 3.84. The molecule has 1 aliphatic rings. The fourth-order valence-electron chi connectivity index (χ4n) is 3.03. The van der Waals surface area contributed by atoms with Gasteiger partial charge in [0.15, 0.2) is 5.78 Å². The summed E-state index contributed by atoms with van der Waals surface area (Å²) >= 11 is 0. The Bertz CT molecular complexity index is 492. The van der Waals surface area contributed by atoms with Gasteiger partial charge in [-0.1, -0.05) is 36.4 Å². The summed E-state index contributed by atoms with van der Waals surface area (Å²) in [5.41, 5.74) is -0.157. The molecule has 0 heterocycles. The van der Waals surface area contributed by atoms with Crippen molar-refractivity contribution in [3.05, 3.63) is 48.6 Å². The van der Waals surface area contributed by atoms with Gasteiger partial charge in [0, 0.05) is 12.3 Å². The molecule has 0 aromatic heterocycles. The molecule has 1 aromatic carbocycles. The van der Waals surface area contributed by atoms with Gasteiger partial charge in [-0.2, -0.15) is 0 Å². The minimum atomic E-state index is -1.09. The number of esters is 1. The van der Waals surface area contributed by atoms with Crippen LogP contribution in [-0.2, 0) is 14.3 Å². The molecule has 2 unspecified atom stereocenters. The first-order chi connectivity index (χ1) is 9.16. The highest BCUT2D eigenvalue weighted by Gasteiger charge is 2.54. The minimum absolute atomic E-state index is 0.0342. The third-order valence-corrected chi connectivity index (χ3v) is 3.95. The second kappa shape index (κ2) is 5.39. The van der Waals surface area contributed by atoms with Crippen LogP contribution in [0, 0.1) is 5.41 Å². The predicted octanol–water partition coefficient (Wildman–Crippen LogP) is 2.87. The summed E-state index contributed by atoms with van der Waals surface area (Å²) in [5.74, 6) is -0.798. The van der Waals surface area contributed by atoms with Crippen molar-refractivity contribution in [2.45, 2.75) is 25.2 Å². The molecule has 3 heteroatoms. The minimum Gasteiger partial charge on any atom is -0.468 e. The fraction of sp³-hybridized carbons (Fsp3) is 0.375. The third-order valence-electron chi connectivity index (χ3n) is 3.95. The quantitative estimate of drug-likeness (QED) is 0.474. The van der Waals surface area contributed by atoms with Crippen LogP contribution in [0.4, 0.5) is 0 Å². The number of allylic oxidation sites excluding steroid dienone is 1. The molecule has 0 spiro atoms. The van der Waals surface area contributed by atoms with E-state index in [1.807, 2.05) is 30.3 Å². The van der Waals surface area contributed by atoms with Gasteiger partial charge < -0.3 is 4.74 Å². The summed E-state index contributed by atoms with van der Waals surface area (Å²) in [6.07, 6.45) is 3.39. The summed E-state index contributed by atoms with van der Waals surface area (Å²) in [7, 11) is 1.33. The average Bonchev–Trinajstić information content (AvgIpc) is 2.83. The van der Waals surface area contributed by atoms with Crippen molar-refractivity contribution in [3.8, 4) is 0 Å². The lowest BCUT2D eigenvalue weighted by Crippen LogP contribution is -2.41. The van der Waals surface area contributed by atoms with Crippen LogP contribution in [0.1, 0.15) is 30.7 Å². The molecule has 1 fully saturated rings. The van der Waals surface area contributed by atoms with E-state index in [1.165, 1.54) is 7.11 Å². The first-order valence-corrected chi connectivity index (χ1v) is 6.46. The first-order valence-electron chi connectivity index (χ1n) is 6.46. The molecule has 0 radical (unpaired) electrons. The van der Waals surface area contributed by atoms with E-state index in [2.05, 4.69) is 6.58 Å². The molecule has 1 aliphatic carbocycles. The van der Waals surface area contributed by atoms with E-state index in [-0.39, 0.29) is 11.7 Å². The topological polar surface area (TPSA) is 43.4 Å². The van der Waals surface area contributed by atoms with Gasteiger partial charge >= 0.3 is 5.97 Å². The molecule has 3 nitrogen and oxygen atoms in total. The zero-order valence-electron chi connectivity index (χ0n) is 11.1. The number of hydrogen-bond acceptors (Lipinski definition) is 3. The Morgan fingerprint density at radius 1 is 1.42 bits per heavy atom. The van der Waals surface area contributed by atoms with Crippen LogP contribution in [0.2, 0.25) is 0 Å². The number of benzene rings is 1. The van der Waals surface area contributed by atoms with Crippen molar-refractivity contribution in [2.24, 2.45) is 5.41 Å². The van der Waals surface area contributed by atoms with Crippen LogP contribution in [0.5, 0.6) is 0 Å². The molecule has 0 amide bonds. The smallest absolute Gasteiger partial charge is 0.320 e. The summed E-state index contributed by atoms with van der Waals surface area (Å²) in [6, 6.07) is 9.54. The molecule has 1 saturated carbocycles. The van der Waals surface area contributed by atoms with Gasteiger partial charge in [0.25, 0.3) is 0 Å². The van der Waals surface area contributed by atoms with E-state index < -0.39 is 11.4 Å². The number of ketones is 1. The normalized spacial score (nSPS) is 23.9. The largest absolute Gasteiger partial charge is 0.468 e. The van der Waals surface area contributed by atoms with Crippen molar-refractivity contribution in [2.75, 3.05) is 7.11 Å². The molecule has 1 aromatic rings. The van der Waals surface area contributed by atoms with Crippen molar-refractivity contribution in [1.82, 2.24) is 0 Å². The zero-order chi connectivity index (χ0) is 13.9. The van der Waals surface area contributed by atoms with E-state index in [0.717, 1.165) is 12.0 Å². The van der Waals surface area contributed by atoms with Crippen molar-refractivity contribution < 1.29 is 14.3 Å². The molecule has 0 N–H and O–H groups in total. The van der Waals surface area contributed by atoms with Crippen LogP contribution in [0.25, 0.3) is 0 Å². The molecule has 0 aliphatic heterocycles. The van der Waals surface area contributed by atoms with Gasteiger partial charge in [0.05, 0.1) is 7.11 Å². The number of carbonyl (C=O) groups is 2. The first kappa shape index (κ1) is 13.5. The molecular weight excluding hydrogens is 240 g/mol.